The summed E-state index contributed by atoms with van der Waals surface area (Å²) in [5.41, 5.74) is 9.10. The number of pyridine rings is 1. The summed E-state index contributed by atoms with van der Waals surface area (Å²) in [6, 6.07) is 1.91. The van der Waals surface area contributed by atoms with Crippen LogP contribution in [0.5, 0.6) is 0 Å². The first-order valence-electron chi connectivity index (χ1n) is 10.1. The number of hydrogen-bond donors (Lipinski definition) is 2. The fourth-order valence-electron chi connectivity index (χ4n) is 3.71. The molecule has 8 heteroatoms. The number of anilines is 3. The molecule has 0 aliphatic carbocycles. The lowest BCUT2D eigenvalue weighted by molar-refractivity contribution is 0.122. The highest BCUT2D eigenvalue weighted by atomic mass is 16.5. The highest BCUT2D eigenvalue weighted by molar-refractivity contribution is 5.69. The Morgan fingerprint density at radius 1 is 1.14 bits per heavy atom. The average molecular weight is 384 g/mol. The highest BCUT2D eigenvalue weighted by Crippen LogP contribution is 2.32. The molecule has 0 unspecified atom stereocenters. The number of nitrogen functional groups attached to an aromatic ring is 1. The number of nitrogens with zero attached hydrogens (tertiary/aromatic N) is 4. The molecule has 0 bridgehead atoms. The third-order valence-electron chi connectivity index (χ3n) is 5.18. The van der Waals surface area contributed by atoms with Crippen LogP contribution in [0.4, 0.5) is 17.5 Å². The van der Waals surface area contributed by atoms with E-state index in [4.69, 9.17) is 25.2 Å². The number of rotatable bonds is 3. The molecule has 1 saturated heterocycles. The molecule has 1 fully saturated rings. The quantitative estimate of drug-likeness (QED) is 0.828. The zero-order valence-electron chi connectivity index (χ0n) is 16.4. The van der Waals surface area contributed by atoms with Gasteiger partial charge in [-0.3, -0.25) is 0 Å². The number of nitrogens with two attached hydrogens (primary N) is 1. The SMILES string of the molecule is CCc1cc(N)ncc1-c1nc2c(c(N3CCOCC3)n1)CCCOCCN2. The van der Waals surface area contributed by atoms with E-state index < -0.39 is 0 Å². The molecule has 8 nitrogen and oxygen atoms in total. The van der Waals surface area contributed by atoms with Gasteiger partial charge in [0.1, 0.15) is 17.5 Å². The van der Waals surface area contributed by atoms with Crippen LogP contribution < -0.4 is 16.0 Å². The van der Waals surface area contributed by atoms with E-state index in [0.29, 0.717) is 31.5 Å². The molecule has 150 valence electrons. The molecule has 2 aliphatic heterocycles. The predicted molar refractivity (Wildman–Crippen MR) is 110 cm³/mol. The van der Waals surface area contributed by atoms with E-state index in [1.807, 2.05) is 6.07 Å². The Bertz CT molecular complexity index is 823. The van der Waals surface area contributed by atoms with E-state index in [9.17, 15) is 0 Å². The van der Waals surface area contributed by atoms with Crippen LogP contribution in [-0.2, 0) is 22.3 Å². The van der Waals surface area contributed by atoms with Crippen molar-refractivity contribution in [1.82, 2.24) is 15.0 Å². The second kappa shape index (κ2) is 8.70. The van der Waals surface area contributed by atoms with Crippen LogP contribution in [0.3, 0.4) is 0 Å². The number of nitrogens with one attached hydrogen (secondary N) is 1. The van der Waals surface area contributed by atoms with Crippen molar-refractivity contribution in [3.8, 4) is 11.4 Å². The van der Waals surface area contributed by atoms with Crippen LogP contribution in [0.25, 0.3) is 11.4 Å². The smallest absolute Gasteiger partial charge is 0.165 e. The fourth-order valence-corrected chi connectivity index (χ4v) is 3.71. The Hall–Kier alpha value is -2.45. The van der Waals surface area contributed by atoms with Gasteiger partial charge in [-0.1, -0.05) is 6.92 Å². The maximum Gasteiger partial charge on any atom is 0.165 e. The Balaban J connectivity index is 1.83. The molecule has 2 aliphatic rings. The van der Waals surface area contributed by atoms with Crippen molar-refractivity contribution in [3.05, 3.63) is 23.4 Å². The number of morpholine rings is 1. The van der Waals surface area contributed by atoms with E-state index in [2.05, 4.69) is 22.1 Å². The Morgan fingerprint density at radius 2 is 1.96 bits per heavy atom. The molecule has 0 radical (unpaired) electrons. The third kappa shape index (κ3) is 4.02. The van der Waals surface area contributed by atoms with Crippen molar-refractivity contribution < 1.29 is 9.47 Å². The van der Waals surface area contributed by atoms with Crippen LogP contribution in [0.1, 0.15) is 24.5 Å². The molecule has 2 aromatic rings. The summed E-state index contributed by atoms with van der Waals surface area (Å²) in [5.74, 6) is 3.11. The normalized spacial score (nSPS) is 17.8. The molecule has 4 rings (SSSR count). The van der Waals surface area contributed by atoms with Crippen molar-refractivity contribution >= 4 is 17.5 Å². The van der Waals surface area contributed by atoms with Crippen LogP contribution >= 0.6 is 0 Å². The van der Waals surface area contributed by atoms with Gasteiger partial charge in [-0.2, -0.15) is 0 Å². The molecule has 2 aromatic heterocycles. The fraction of sp³-hybridized carbons (Fsp3) is 0.550. The van der Waals surface area contributed by atoms with Crippen LogP contribution in [0, 0.1) is 0 Å². The average Bonchev–Trinajstić information content (AvgIpc) is 2.85. The summed E-state index contributed by atoms with van der Waals surface area (Å²) in [6.07, 6.45) is 4.47. The molecular weight excluding hydrogens is 356 g/mol. The zero-order valence-corrected chi connectivity index (χ0v) is 16.4. The van der Waals surface area contributed by atoms with Gasteiger partial charge in [-0.25, -0.2) is 15.0 Å². The Morgan fingerprint density at radius 3 is 2.79 bits per heavy atom. The molecule has 0 atom stereocenters. The van der Waals surface area contributed by atoms with Gasteiger partial charge in [0, 0.05) is 43.6 Å². The van der Waals surface area contributed by atoms with Crippen molar-refractivity contribution in [2.24, 2.45) is 0 Å². The van der Waals surface area contributed by atoms with Crippen molar-refractivity contribution in [2.75, 3.05) is 62.0 Å². The number of aromatic nitrogens is 3. The first kappa shape index (κ1) is 18.9. The number of aryl methyl sites for hydroxylation is 1. The summed E-state index contributed by atoms with van der Waals surface area (Å²) >= 11 is 0. The van der Waals surface area contributed by atoms with Gasteiger partial charge in [-0.15, -0.1) is 0 Å². The lowest BCUT2D eigenvalue weighted by atomic mass is 10.1. The van der Waals surface area contributed by atoms with E-state index in [-0.39, 0.29) is 0 Å². The van der Waals surface area contributed by atoms with Crippen LogP contribution in [0.2, 0.25) is 0 Å². The monoisotopic (exact) mass is 384 g/mol. The molecule has 0 saturated carbocycles. The first-order chi connectivity index (χ1) is 13.8. The van der Waals surface area contributed by atoms with Crippen molar-refractivity contribution in [1.29, 1.82) is 0 Å². The summed E-state index contributed by atoms with van der Waals surface area (Å²) in [7, 11) is 0. The molecule has 28 heavy (non-hydrogen) atoms. The predicted octanol–water partition coefficient (Wildman–Crippen LogP) is 1.89. The standard InChI is InChI=1S/C20H28N6O2/c1-2-14-12-17(21)23-13-16(14)19-24-18-15(4-3-8-27-9-5-22-18)20(25-19)26-6-10-28-11-7-26/h12-13H,2-11H2,1H3,(H2,21,23)(H,22,24,25). The topological polar surface area (TPSA) is 98.4 Å². The van der Waals surface area contributed by atoms with Crippen LogP contribution in [-0.4, -0.2) is 61.0 Å². The molecule has 3 N–H and O–H groups in total. The molecule has 0 amide bonds. The highest BCUT2D eigenvalue weighted by Gasteiger charge is 2.23. The van der Waals surface area contributed by atoms with E-state index in [1.165, 1.54) is 0 Å². The summed E-state index contributed by atoms with van der Waals surface area (Å²) < 4.78 is 11.2. The second-order valence-corrected chi connectivity index (χ2v) is 7.06. The minimum atomic E-state index is 0.520. The van der Waals surface area contributed by atoms with E-state index in [0.717, 1.165) is 73.8 Å². The molecule has 4 heterocycles. The summed E-state index contributed by atoms with van der Waals surface area (Å²) in [5, 5.41) is 3.46. The van der Waals surface area contributed by atoms with Gasteiger partial charge >= 0.3 is 0 Å². The van der Waals surface area contributed by atoms with Gasteiger partial charge < -0.3 is 25.4 Å². The van der Waals surface area contributed by atoms with Gasteiger partial charge in [0.05, 0.1) is 19.8 Å². The Labute approximate surface area is 165 Å². The number of hydrogen-bond acceptors (Lipinski definition) is 8. The van der Waals surface area contributed by atoms with E-state index in [1.54, 1.807) is 6.20 Å². The molecule has 0 aromatic carbocycles. The zero-order chi connectivity index (χ0) is 19.3. The van der Waals surface area contributed by atoms with E-state index >= 15 is 0 Å². The second-order valence-electron chi connectivity index (χ2n) is 7.06. The van der Waals surface area contributed by atoms with Gasteiger partial charge in [0.2, 0.25) is 0 Å². The first-order valence-corrected chi connectivity index (χ1v) is 10.1. The maximum absolute atomic E-state index is 5.89. The van der Waals surface area contributed by atoms with Crippen LogP contribution in [0.15, 0.2) is 12.3 Å². The van der Waals surface area contributed by atoms with Gasteiger partial charge in [0.25, 0.3) is 0 Å². The maximum atomic E-state index is 5.89. The minimum absolute atomic E-state index is 0.520. The summed E-state index contributed by atoms with van der Waals surface area (Å²) in [4.78, 5) is 16.5. The summed E-state index contributed by atoms with van der Waals surface area (Å²) in [6.45, 7) is 7.37. The molecule has 0 spiro atoms. The van der Waals surface area contributed by atoms with Crippen molar-refractivity contribution in [3.63, 3.8) is 0 Å². The largest absolute Gasteiger partial charge is 0.384 e. The molecular formula is C20H28N6O2. The minimum Gasteiger partial charge on any atom is -0.384 e. The lowest BCUT2D eigenvalue weighted by Crippen LogP contribution is -2.37. The van der Waals surface area contributed by atoms with Crippen molar-refractivity contribution in [2.45, 2.75) is 26.2 Å². The van der Waals surface area contributed by atoms with Gasteiger partial charge in [-0.05, 0) is 30.9 Å². The lowest BCUT2D eigenvalue weighted by Gasteiger charge is -2.30. The Kier molecular flexibility index (Phi) is 5.87. The third-order valence-corrected chi connectivity index (χ3v) is 5.18. The van der Waals surface area contributed by atoms with Gasteiger partial charge in [0.15, 0.2) is 5.82 Å². The number of fused-ring (bicyclic) bond motifs is 1. The number of ether oxygens (including phenoxy) is 2.